The zero-order valence-corrected chi connectivity index (χ0v) is 13.0. The summed E-state index contributed by atoms with van der Waals surface area (Å²) in [5.41, 5.74) is 7.60. The lowest BCUT2D eigenvalue weighted by molar-refractivity contribution is -0.137. The summed E-state index contributed by atoms with van der Waals surface area (Å²) >= 11 is 0. The molecule has 0 fully saturated rings. The Bertz CT molecular complexity index is 977. The number of benzene rings is 2. The molecule has 2 amide bonds. The van der Waals surface area contributed by atoms with E-state index in [0.717, 1.165) is 28.6 Å². The third kappa shape index (κ3) is 2.43. The zero-order chi connectivity index (χ0) is 17.8. The number of carbonyl (C=O) groups excluding carboxylic acids is 1. The number of alkyl halides is 3. The van der Waals surface area contributed by atoms with Crippen LogP contribution in [0.15, 0.2) is 48.7 Å². The number of rotatable bonds is 1. The van der Waals surface area contributed by atoms with E-state index in [1.807, 2.05) is 24.3 Å². The van der Waals surface area contributed by atoms with E-state index in [1.165, 1.54) is 11.0 Å². The number of aromatic nitrogens is 1. The third-order valence-corrected chi connectivity index (χ3v) is 4.62. The van der Waals surface area contributed by atoms with Gasteiger partial charge in [-0.2, -0.15) is 13.2 Å². The molecule has 128 valence electrons. The fraction of sp³-hybridized carbons (Fsp3) is 0.167. The van der Waals surface area contributed by atoms with E-state index in [2.05, 4.69) is 4.98 Å². The van der Waals surface area contributed by atoms with Crippen LogP contribution in [0.5, 0.6) is 0 Å². The van der Waals surface area contributed by atoms with Crippen LogP contribution in [-0.2, 0) is 12.7 Å². The van der Waals surface area contributed by atoms with Crippen molar-refractivity contribution in [1.29, 1.82) is 0 Å². The number of hydrogen-bond donors (Lipinski definition) is 2. The number of carbonyl (C=O) groups is 1. The van der Waals surface area contributed by atoms with Gasteiger partial charge < -0.3 is 15.6 Å². The van der Waals surface area contributed by atoms with Crippen LogP contribution in [0.2, 0.25) is 0 Å². The molecular weight excluding hydrogens is 331 g/mol. The average Bonchev–Trinajstić information content (AvgIpc) is 3.14. The predicted octanol–water partition coefficient (Wildman–Crippen LogP) is 4.17. The summed E-state index contributed by atoms with van der Waals surface area (Å²) in [4.78, 5) is 16.4. The maximum atomic E-state index is 13.0. The van der Waals surface area contributed by atoms with E-state index >= 15 is 0 Å². The number of hydrogen-bond acceptors (Lipinski definition) is 1. The summed E-state index contributed by atoms with van der Waals surface area (Å²) in [5, 5.41) is 0.909. The molecule has 1 atom stereocenters. The Morgan fingerprint density at radius 3 is 2.64 bits per heavy atom. The second-order valence-corrected chi connectivity index (χ2v) is 6.07. The summed E-state index contributed by atoms with van der Waals surface area (Å²) in [7, 11) is 0. The number of urea groups is 1. The van der Waals surface area contributed by atoms with Gasteiger partial charge >= 0.3 is 12.2 Å². The van der Waals surface area contributed by atoms with Crippen LogP contribution < -0.4 is 5.73 Å². The van der Waals surface area contributed by atoms with Gasteiger partial charge in [0.15, 0.2) is 0 Å². The Hall–Kier alpha value is -2.96. The molecule has 1 unspecified atom stereocenters. The molecule has 1 aromatic heterocycles. The third-order valence-electron chi connectivity index (χ3n) is 4.62. The summed E-state index contributed by atoms with van der Waals surface area (Å²) in [6, 6.07) is 9.96. The number of nitrogens with two attached hydrogens (primary N) is 1. The van der Waals surface area contributed by atoms with Gasteiger partial charge in [-0.05, 0) is 29.3 Å². The molecule has 2 heterocycles. The van der Waals surface area contributed by atoms with Gasteiger partial charge in [0, 0.05) is 29.2 Å². The predicted molar refractivity (Wildman–Crippen MR) is 86.7 cm³/mol. The molecular formula is C18H14F3N3O. The van der Waals surface area contributed by atoms with Crippen LogP contribution in [0.25, 0.3) is 10.9 Å². The quantitative estimate of drug-likeness (QED) is 0.683. The smallest absolute Gasteiger partial charge is 0.361 e. The topological polar surface area (TPSA) is 62.1 Å². The molecule has 2 aromatic carbocycles. The fourth-order valence-corrected chi connectivity index (χ4v) is 3.49. The monoisotopic (exact) mass is 345 g/mol. The van der Waals surface area contributed by atoms with Crippen molar-refractivity contribution < 1.29 is 18.0 Å². The fourth-order valence-electron chi connectivity index (χ4n) is 3.49. The molecule has 3 aromatic rings. The highest BCUT2D eigenvalue weighted by Gasteiger charge is 2.38. The standard InChI is InChI=1S/C18H14F3N3O/c19-18(20,21)11-5-6-12-10(7-11)9-24(17(22)25)16(12)14-8-23-15-4-2-1-3-13(14)15/h1-8,16,23H,9H2,(H2,22,25). The lowest BCUT2D eigenvalue weighted by Crippen LogP contribution is -2.34. The highest BCUT2D eigenvalue weighted by molar-refractivity contribution is 5.85. The average molecular weight is 345 g/mol. The Morgan fingerprint density at radius 1 is 1.16 bits per heavy atom. The lowest BCUT2D eigenvalue weighted by atomic mass is 9.96. The van der Waals surface area contributed by atoms with Gasteiger partial charge in [-0.15, -0.1) is 0 Å². The molecule has 4 nitrogen and oxygen atoms in total. The number of primary amides is 1. The maximum absolute atomic E-state index is 13.0. The molecule has 0 aliphatic carbocycles. The second-order valence-electron chi connectivity index (χ2n) is 6.07. The van der Waals surface area contributed by atoms with Gasteiger partial charge in [-0.3, -0.25) is 0 Å². The first-order chi connectivity index (χ1) is 11.9. The molecule has 1 aliphatic rings. The van der Waals surface area contributed by atoms with Crippen molar-refractivity contribution in [3.8, 4) is 0 Å². The van der Waals surface area contributed by atoms with Crippen LogP contribution in [0.4, 0.5) is 18.0 Å². The SMILES string of the molecule is NC(=O)N1Cc2cc(C(F)(F)F)ccc2C1c1c[nH]c2ccccc12. The number of halogens is 3. The van der Waals surface area contributed by atoms with Gasteiger partial charge in [0.05, 0.1) is 11.6 Å². The van der Waals surface area contributed by atoms with Crippen LogP contribution in [0, 0.1) is 0 Å². The normalized spacial score (nSPS) is 17.1. The minimum atomic E-state index is -4.43. The zero-order valence-electron chi connectivity index (χ0n) is 13.0. The number of fused-ring (bicyclic) bond motifs is 2. The Balaban J connectivity index is 1.88. The molecule has 0 radical (unpaired) electrons. The summed E-state index contributed by atoms with van der Waals surface area (Å²) in [5.74, 6) is 0. The molecule has 0 spiro atoms. The summed E-state index contributed by atoms with van der Waals surface area (Å²) in [6.45, 7) is 0.0543. The number of nitrogens with zero attached hydrogens (tertiary/aromatic N) is 1. The van der Waals surface area contributed by atoms with Gasteiger partial charge in [0.1, 0.15) is 0 Å². The molecule has 0 bridgehead atoms. The maximum Gasteiger partial charge on any atom is 0.416 e. The number of H-pyrrole nitrogens is 1. The minimum Gasteiger partial charge on any atom is -0.361 e. The number of amides is 2. The minimum absolute atomic E-state index is 0.0543. The van der Waals surface area contributed by atoms with Crippen LogP contribution in [0.1, 0.15) is 28.3 Å². The lowest BCUT2D eigenvalue weighted by Gasteiger charge is -2.23. The van der Waals surface area contributed by atoms with E-state index in [-0.39, 0.29) is 6.54 Å². The van der Waals surface area contributed by atoms with E-state index in [9.17, 15) is 18.0 Å². The molecule has 4 rings (SSSR count). The van der Waals surface area contributed by atoms with Crippen molar-refractivity contribution in [2.75, 3.05) is 0 Å². The first kappa shape index (κ1) is 15.6. The van der Waals surface area contributed by atoms with Gasteiger partial charge in [0.2, 0.25) is 0 Å². The molecule has 25 heavy (non-hydrogen) atoms. The first-order valence-electron chi connectivity index (χ1n) is 7.68. The van der Waals surface area contributed by atoms with Crippen molar-refractivity contribution in [1.82, 2.24) is 9.88 Å². The van der Waals surface area contributed by atoms with Crippen molar-refractivity contribution in [3.05, 3.63) is 70.9 Å². The van der Waals surface area contributed by atoms with Crippen LogP contribution >= 0.6 is 0 Å². The Labute approximate surface area is 141 Å². The number of para-hydroxylation sites is 1. The Kier molecular flexibility index (Phi) is 3.28. The molecule has 3 N–H and O–H groups in total. The highest BCUT2D eigenvalue weighted by Crippen LogP contribution is 2.42. The summed E-state index contributed by atoms with van der Waals surface area (Å²) in [6.07, 6.45) is -2.65. The molecule has 7 heteroatoms. The number of aromatic amines is 1. The van der Waals surface area contributed by atoms with Gasteiger partial charge in [-0.25, -0.2) is 4.79 Å². The van der Waals surface area contributed by atoms with Crippen LogP contribution in [0.3, 0.4) is 0 Å². The van der Waals surface area contributed by atoms with Crippen LogP contribution in [-0.4, -0.2) is 15.9 Å². The van der Waals surface area contributed by atoms with Crippen molar-refractivity contribution in [3.63, 3.8) is 0 Å². The molecule has 0 saturated heterocycles. The largest absolute Gasteiger partial charge is 0.416 e. The van der Waals surface area contributed by atoms with E-state index in [0.29, 0.717) is 11.1 Å². The van der Waals surface area contributed by atoms with E-state index < -0.39 is 23.8 Å². The van der Waals surface area contributed by atoms with Crippen molar-refractivity contribution >= 4 is 16.9 Å². The molecule has 0 saturated carbocycles. The molecule has 1 aliphatic heterocycles. The second kappa shape index (κ2) is 5.27. The van der Waals surface area contributed by atoms with Gasteiger partial charge in [-0.1, -0.05) is 24.3 Å². The van der Waals surface area contributed by atoms with E-state index in [1.54, 1.807) is 6.20 Å². The first-order valence-corrected chi connectivity index (χ1v) is 7.68. The summed E-state index contributed by atoms with van der Waals surface area (Å²) < 4.78 is 38.9. The number of nitrogens with one attached hydrogen (secondary N) is 1. The highest BCUT2D eigenvalue weighted by atomic mass is 19.4. The van der Waals surface area contributed by atoms with Crippen molar-refractivity contribution in [2.24, 2.45) is 5.73 Å². The van der Waals surface area contributed by atoms with Gasteiger partial charge in [0.25, 0.3) is 0 Å². The van der Waals surface area contributed by atoms with Crippen molar-refractivity contribution in [2.45, 2.75) is 18.8 Å². The Morgan fingerprint density at radius 2 is 1.92 bits per heavy atom. The van der Waals surface area contributed by atoms with E-state index in [4.69, 9.17) is 5.73 Å².